The van der Waals surface area contributed by atoms with E-state index in [4.69, 9.17) is 23.2 Å². The van der Waals surface area contributed by atoms with Gasteiger partial charge in [-0.1, -0.05) is 23.2 Å². The average molecular weight is 378 g/mol. The first-order chi connectivity index (χ1) is 11.9. The number of hydrogen-bond acceptors (Lipinski definition) is 5. The van der Waals surface area contributed by atoms with Gasteiger partial charge in [-0.05, 0) is 24.3 Å². The van der Waals surface area contributed by atoms with Gasteiger partial charge < -0.3 is 0 Å². The van der Waals surface area contributed by atoms with Crippen molar-refractivity contribution >= 4 is 45.6 Å². The Balaban J connectivity index is 1.99. The van der Waals surface area contributed by atoms with Gasteiger partial charge >= 0.3 is 0 Å². The van der Waals surface area contributed by atoms with E-state index in [2.05, 4.69) is 4.98 Å². The summed E-state index contributed by atoms with van der Waals surface area (Å²) in [6.07, 6.45) is 1.23. The van der Waals surface area contributed by atoms with E-state index in [-0.39, 0.29) is 28.4 Å². The van der Waals surface area contributed by atoms with Crippen molar-refractivity contribution in [2.45, 2.75) is 6.54 Å². The Hall–Kier alpha value is -2.77. The Kier molecular flexibility index (Phi) is 4.52. The molecule has 0 N–H and O–H groups in total. The highest BCUT2D eigenvalue weighted by Crippen LogP contribution is 2.23. The average Bonchev–Trinajstić information content (AvgIpc) is 2.59. The SMILES string of the molecule is O=C(Cn1cnc2ccc([N+](=O)[O-])cc2c1=O)c1ccc(Cl)c(Cl)c1. The summed E-state index contributed by atoms with van der Waals surface area (Å²) < 4.78 is 1.09. The number of carbonyl (C=O) groups excluding carboxylic acids is 1. The van der Waals surface area contributed by atoms with Gasteiger partial charge in [0.15, 0.2) is 5.78 Å². The molecule has 1 heterocycles. The van der Waals surface area contributed by atoms with Crippen LogP contribution in [0.1, 0.15) is 10.4 Å². The fraction of sp³-hybridized carbons (Fsp3) is 0.0625. The highest BCUT2D eigenvalue weighted by Gasteiger charge is 2.14. The number of nitrogens with zero attached hydrogens (tertiary/aromatic N) is 3. The number of nitro benzene ring substituents is 1. The molecule has 0 radical (unpaired) electrons. The first-order valence-electron chi connectivity index (χ1n) is 6.98. The molecule has 0 bridgehead atoms. The quantitative estimate of drug-likeness (QED) is 0.393. The molecule has 0 spiro atoms. The number of rotatable bonds is 4. The maximum Gasteiger partial charge on any atom is 0.270 e. The van der Waals surface area contributed by atoms with Crippen LogP contribution in [0.25, 0.3) is 10.9 Å². The van der Waals surface area contributed by atoms with Crippen LogP contribution in [-0.2, 0) is 6.54 Å². The molecule has 0 aliphatic heterocycles. The number of hydrogen-bond donors (Lipinski definition) is 0. The van der Waals surface area contributed by atoms with E-state index in [0.717, 1.165) is 10.6 Å². The topological polar surface area (TPSA) is 95.1 Å². The van der Waals surface area contributed by atoms with Gasteiger partial charge in [-0.15, -0.1) is 0 Å². The first kappa shape index (κ1) is 17.1. The fourth-order valence-electron chi connectivity index (χ4n) is 2.29. The van der Waals surface area contributed by atoms with Gasteiger partial charge in [0, 0.05) is 17.7 Å². The number of benzene rings is 2. The Labute approximate surface area is 150 Å². The van der Waals surface area contributed by atoms with Crippen LogP contribution in [0.5, 0.6) is 0 Å². The van der Waals surface area contributed by atoms with Crippen molar-refractivity contribution < 1.29 is 9.72 Å². The highest BCUT2D eigenvalue weighted by molar-refractivity contribution is 6.42. The van der Waals surface area contributed by atoms with E-state index >= 15 is 0 Å². The van der Waals surface area contributed by atoms with E-state index in [9.17, 15) is 19.7 Å². The molecule has 0 saturated carbocycles. The molecular weight excluding hydrogens is 369 g/mol. The van der Waals surface area contributed by atoms with Crippen molar-refractivity contribution in [3.8, 4) is 0 Å². The maximum absolute atomic E-state index is 12.5. The Bertz CT molecular complexity index is 1080. The molecule has 3 rings (SSSR count). The summed E-state index contributed by atoms with van der Waals surface area (Å²) >= 11 is 11.7. The molecule has 3 aromatic rings. The van der Waals surface area contributed by atoms with E-state index in [1.807, 2.05) is 0 Å². The maximum atomic E-state index is 12.5. The lowest BCUT2D eigenvalue weighted by molar-refractivity contribution is -0.384. The van der Waals surface area contributed by atoms with Crippen LogP contribution in [0.2, 0.25) is 10.0 Å². The van der Waals surface area contributed by atoms with Crippen LogP contribution in [0, 0.1) is 10.1 Å². The third kappa shape index (κ3) is 3.38. The van der Waals surface area contributed by atoms with Crippen molar-refractivity contribution in [3.63, 3.8) is 0 Å². The number of halogens is 2. The Morgan fingerprint density at radius 1 is 1.16 bits per heavy atom. The second kappa shape index (κ2) is 6.62. The second-order valence-electron chi connectivity index (χ2n) is 5.19. The predicted molar refractivity (Wildman–Crippen MR) is 93.4 cm³/mol. The molecule has 7 nitrogen and oxygen atoms in total. The molecule has 0 aliphatic rings. The molecule has 0 atom stereocenters. The van der Waals surface area contributed by atoms with Gasteiger partial charge in [0.2, 0.25) is 0 Å². The lowest BCUT2D eigenvalue weighted by atomic mass is 10.1. The molecule has 25 heavy (non-hydrogen) atoms. The van der Waals surface area contributed by atoms with Crippen molar-refractivity contribution in [2.75, 3.05) is 0 Å². The van der Waals surface area contributed by atoms with Crippen LogP contribution in [0.15, 0.2) is 47.5 Å². The molecule has 0 amide bonds. The van der Waals surface area contributed by atoms with Crippen LogP contribution in [0.4, 0.5) is 5.69 Å². The van der Waals surface area contributed by atoms with Crippen molar-refractivity contribution in [2.24, 2.45) is 0 Å². The molecular formula is C16H9Cl2N3O4. The lowest BCUT2D eigenvalue weighted by Gasteiger charge is -2.07. The molecule has 0 saturated heterocycles. The van der Waals surface area contributed by atoms with Gasteiger partial charge in [-0.2, -0.15) is 0 Å². The van der Waals surface area contributed by atoms with Crippen LogP contribution in [-0.4, -0.2) is 20.3 Å². The summed E-state index contributed by atoms with van der Waals surface area (Å²) in [6, 6.07) is 8.20. The molecule has 0 fully saturated rings. The summed E-state index contributed by atoms with van der Waals surface area (Å²) in [6.45, 7) is -0.275. The van der Waals surface area contributed by atoms with Gasteiger partial charge in [0.1, 0.15) is 0 Å². The third-order valence-electron chi connectivity index (χ3n) is 3.57. The van der Waals surface area contributed by atoms with Gasteiger partial charge in [-0.25, -0.2) is 4.98 Å². The highest BCUT2D eigenvalue weighted by atomic mass is 35.5. The zero-order valence-corrected chi connectivity index (χ0v) is 14.0. The third-order valence-corrected chi connectivity index (χ3v) is 4.31. The summed E-state index contributed by atoms with van der Waals surface area (Å²) in [5.41, 5.74) is -0.156. The monoisotopic (exact) mass is 377 g/mol. The molecule has 9 heteroatoms. The van der Waals surface area contributed by atoms with E-state index in [0.29, 0.717) is 16.1 Å². The molecule has 126 valence electrons. The Morgan fingerprint density at radius 3 is 2.60 bits per heavy atom. The summed E-state index contributed by atoms with van der Waals surface area (Å²) in [5, 5.41) is 11.5. The molecule has 2 aromatic carbocycles. The van der Waals surface area contributed by atoms with E-state index < -0.39 is 10.5 Å². The lowest BCUT2D eigenvalue weighted by Crippen LogP contribution is -2.24. The number of Topliss-reactive ketones (excluding diaryl/α,β-unsaturated/α-hetero) is 1. The predicted octanol–water partition coefficient (Wildman–Crippen LogP) is 3.49. The number of nitro groups is 1. The van der Waals surface area contributed by atoms with E-state index in [1.54, 1.807) is 0 Å². The molecule has 0 unspecified atom stereocenters. The number of aromatic nitrogens is 2. The van der Waals surface area contributed by atoms with Crippen LogP contribution >= 0.6 is 23.2 Å². The molecule has 0 aliphatic carbocycles. The number of fused-ring (bicyclic) bond motifs is 1. The first-order valence-corrected chi connectivity index (χ1v) is 7.74. The van der Waals surface area contributed by atoms with E-state index in [1.165, 1.54) is 36.7 Å². The smallest absolute Gasteiger partial charge is 0.270 e. The summed E-state index contributed by atoms with van der Waals surface area (Å²) in [4.78, 5) is 39.2. The van der Waals surface area contributed by atoms with Gasteiger partial charge in [0.25, 0.3) is 11.2 Å². The van der Waals surface area contributed by atoms with Crippen molar-refractivity contribution in [1.82, 2.24) is 9.55 Å². The van der Waals surface area contributed by atoms with Crippen molar-refractivity contribution in [3.05, 3.63) is 78.8 Å². The second-order valence-corrected chi connectivity index (χ2v) is 6.00. The van der Waals surface area contributed by atoms with Gasteiger partial charge in [0.05, 0.1) is 38.7 Å². The summed E-state index contributed by atoms with van der Waals surface area (Å²) in [5.74, 6) is -0.368. The largest absolute Gasteiger partial charge is 0.292 e. The number of ketones is 1. The summed E-state index contributed by atoms with van der Waals surface area (Å²) in [7, 11) is 0. The number of non-ortho nitro benzene ring substituents is 1. The van der Waals surface area contributed by atoms with Gasteiger partial charge in [-0.3, -0.25) is 24.3 Å². The minimum Gasteiger partial charge on any atom is -0.292 e. The number of carbonyl (C=O) groups is 1. The zero-order chi connectivity index (χ0) is 18.1. The van der Waals surface area contributed by atoms with Crippen LogP contribution < -0.4 is 5.56 Å². The minimum absolute atomic E-state index is 0.0682. The Morgan fingerprint density at radius 2 is 1.92 bits per heavy atom. The van der Waals surface area contributed by atoms with Crippen molar-refractivity contribution in [1.29, 1.82) is 0 Å². The fourth-order valence-corrected chi connectivity index (χ4v) is 2.59. The van der Waals surface area contributed by atoms with Crippen LogP contribution in [0.3, 0.4) is 0 Å². The zero-order valence-electron chi connectivity index (χ0n) is 12.5. The normalized spacial score (nSPS) is 10.8. The standard InChI is InChI=1S/C16H9Cl2N3O4/c17-12-3-1-9(5-13(12)18)15(22)7-20-8-19-14-4-2-10(21(24)25)6-11(14)16(20)23/h1-6,8H,7H2. The minimum atomic E-state index is -0.600. The molecule has 1 aromatic heterocycles.